The minimum absolute atomic E-state index is 0.0384. The summed E-state index contributed by atoms with van der Waals surface area (Å²) < 4.78 is 30.7. The fraction of sp³-hybridized carbons (Fsp3) is 0.500. The van der Waals surface area contributed by atoms with Gasteiger partial charge in [0.1, 0.15) is 0 Å². The summed E-state index contributed by atoms with van der Waals surface area (Å²) in [5, 5.41) is -0.0384. The topological polar surface area (TPSA) is 76.5 Å². The maximum atomic E-state index is 11.9. The minimum Gasteiger partial charge on any atom is -0.437 e. The van der Waals surface area contributed by atoms with E-state index in [2.05, 4.69) is 15.9 Å². The molecule has 0 spiro atoms. The Bertz CT molecular complexity index is 456. The SMILES string of the molecule is NC1CCN(S(=O)(=O)c2ccc(Br)o2)C1. The van der Waals surface area contributed by atoms with Gasteiger partial charge in [-0.05, 0) is 34.5 Å². The molecule has 0 aromatic carbocycles. The Morgan fingerprint density at radius 3 is 2.73 bits per heavy atom. The van der Waals surface area contributed by atoms with Crippen molar-refractivity contribution in [3.63, 3.8) is 0 Å². The normalized spacial score (nSPS) is 23.5. The minimum atomic E-state index is -3.49. The predicted octanol–water partition coefficient (Wildman–Crippen LogP) is 0.764. The summed E-state index contributed by atoms with van der Waals surface area (Å²) in [6.45, 7) is 0.822. The molecular weight excluding hydrogens is 284 g/mol. The van der Waals surface area contributed by atoms with E-state index in [1.165, 1.54) is 10.4 Å². The summed E-state index contributed by atoms with van der Waals surface area (Å²) in [6.07, 6.45) is 0.696. The lowest BCUT2D eigenvalue weighted by Crippen LogP contribution is -2.31. The molecule has 2 heterocycles. The first-order chi connectivity index (χ1) is 7.00. The molecule has 0 aliphatic carbocycles. The molecule has 1 aliphatic heterocycles. The Morgan fingerprint density at radius 1 is 1.53 bits per heavy atom. The lowest BCUT2D eigenvalue weighted by Gasteiger charge is -2.13. The number of hydrogen-bond acceptors (Lipinski definition) is 4. The Kier molecular flexibility index (Phi) is 2.89. The van der Waals surface area contributed by atoms with Crippen molar-refractivity contribution < 1.29 is 12.8 Å². The van der Waals surface area contributed by atoms with Gasteiger partial charge >= 0.3 is 0 Å². The van der Waals surface area contributed by atoms with Crippen LogP contribution in [-0.4, -0.2) is 31.9 Å². The molecule has 1 aromatic heterocycles. The highest BCUT2D eigenvalue weighted by Crippen LogP contribution is 2.24. The van der Waals surface area contributed by atoms with Gasteiger partial charge in [-0.2, -0.15) is 4.31 Å². The average molecular weight is 295 g/mol. The van der Waals surface area contributed by atoms with Gasteiger partial charge in [-0.15, -0.1) is 0 Å². The van der Waals surface area contributed by atoms with Crippen LogP contribution in [0.25, 0.3) is 0 Å². The largest absolute Gasteiger partial charge is 0.437 e. The van der Waals surface area contributed by atoms with Crippen LogP contribution in [0.4, 0.5) is 0 Å². The van der Waals surface area contributed by atoms with Crippen molar-refractivity contribution in [1.82, 2.24) is 4.31 Å². The third-order valence-electron chi connectivity index (χ3n) is 2.33. The zero-order chi connectivity index (χ0) is 11.1. The second kappa shape index (κ2) is 3.89. The number of rotatable bonds is 2. The second-order valence-corrected chi connectivity index (χ2v) is 6.12. The molecule has 7 heteroatoms. The maximum Gasteiger partial charge on any atom is 0.276 e. The van der Waals surface area contributed by atoms with Crippen LogP contribution in [0, 0.1) is 0 Å². The van der Waals surface area contributed by atoms with Crippen molar-refractivity contribution in [1.29, 1.82) is 0 Å². The van der Waals surface area contributed by atoms with E-state index in [1.807, 2.05) is 0 Å². The first kappa shape index (κ1) is 11.1. The average Bonchev–Trinajstić information content (AvgIpc) is 2.74. The number of furan rings is 1. The fourth-order valence-electron chi connectivity index (χ4n) is 1.54. The van der Waals surface area contributed by atoms with Crippen molar-refractivity contribution in [2.24, 2.45) is 5.73 Å². The highest BCUT2D eigenvalue weighted by molar-refractivity contribution is 9.10. The molecule has 5 nitrogen and oxygen atoms in total. The van der Waals surface area contributed by atoms with E-state index in [-0.39, 0.29) is 11.1 Å². The number of halogens is 1. The summed E-state index contributed by atoms with van der Waals surface area (Å²) in [5.41, 5.74) is 5.66. The van der Waals surface area contributed by atoms with Gasteiger partial charge in [0.05, 0.1) is 0 Å². The highest BCUT2D eigenvalue weighted by Gasteiger charge is 2.32. The van der Waals surface area contributed by atoms with Crippen molar-refractivity contribution in [2.45, 2.75) is 17.6 Å². The first-order valence-corrected chi connectivity index (χ1v) is 6.74. The molecule has 15 heavy (non-hydrogen) atoms. The second-order valence-electron chi connectivity index (χ2n) is 3.47. The van der Waals surface area contributed by atoms with Crippen LogP contribution in [0.2, 0.25) is 0 Å². The standard InChI is InChI=1S/C8H11BrN2O3S/c9-7-1-2-8(14-7)15(12,13)11-4-3-6(10)5-11/h1-2,6H,3-5,10H2. The Hall–Kier alpha value is -0.370. The van der Waals surface area contributed by atoms with Crippen LogP contribution in [0.5, 0.6) is 0 Å². The highest BCUT2D eigenvalue weighted by atomic mass is 79.9. The van der Waals surface area contributed by atoms with E-state index >= 15 is 0 Å². The van der Waals surface area contributed by atoms with Gasteiger partial charge in [0, 0.05) is 19.1 Å². The summed E-state index contributed by atoms with van der Waals surface area (Å²) >= 11 is 3.07. The summed E-state index contributed by atoms with van der Waals surface area (Å²) in [6, 6.07) is 2.92. The molecule has 2 rings (SSSR count). The molecule has 1 aliphatic rings. The summed E-state index contributed by atoms with van der Waals surface area (Å²) in [4.78, 5) is 0. The van der Waals surface area contributed by atoms with Gasteiger partial charge in [0.25, 0.3) is 10.0 Å². The molecule has 1 atom stereocenters. The first-order valence-electron chi connectivity index (χ1n) is 4.51. The molecule has 0 bridgehead atoms. The number of hydrogen-bond donors (Lipinski definition) is 1. The predicted molar refractivity (Wildman–Crippen MR) is 57.8 cm³/mol. The fourth-order valence-corrected chi connectivity index (χ4v) is 3.37. The third-order valence-corrected chi connectivity index (χ3v) is 4.50. The van der Waals surface area contributed by atoms with Gasteiger partial charge in [0.15, 0.2) is 4.67 Å². The van der Waals surface area contributed by atoms with Crippen LogP contribution in [-0.2, 0) is 10.0 Å². The molecule has 0 amide bonds. The van der Waals surface area contributed by atoms with E-state index in [0.717, 1.165) is 0 Å². The molecular formula is C8H11BrN2O3S. The van der Waals surface area contributed by atoms with Crippen LogP contribution in [0.15, 0.2) is 26.3 Å². The van der Waals surface area contributed by atoms with Crippen LogP contribution in [0.3, 0.4) is 0 Å². The van der Waals surface area contributed by atoms with E-state index in [9.17, 15) is 8.42 Å². The molecule has 84 valence electrons. The monoisotopic (exact) mass is 294 g/mol. The van der Waals surface area contributed by atoms with Crippen LogP contribution >= 0.6 is 15.9 Å². The molecule has 0 radical (unpaired) electrons. The summed E-state index contributed by atoms with van der Waals surface area (Å²) in [5.74, 6) is 0. The Morgan fingerprint density at radius 2 is 2.27 bits per heavy atom. The van der Waals surface area contributed by atoms with Crippen molar-refractivity contribution in [3.05, 3.63) is 16.8 Å². The quantitative estimate of drug-likeness (QED) is 0.874. The van der Waals surface area contributed by atoms with Crippen LogP contribution < -0.4 is 5.73 Å². The van der Waals surface area contributed by atoms with E-state index in [1.54, 1.807) is 6.07 Å². The number of nitrogens with two attached hydrogens (primary N) is 1. The molecule has 0 saturated carbocycles. The zero-order valence-corrected chi connectivity index (χ0v) is 10.3. The van der Waals surface area contributed by atoms with Crippen LogP contribution in [0.1, 0.15) is 6.42 Å². The van der Waals surface area contributed by atoms with E-state index < -0.39 is 10.0 Å². The van der Waals surface area contributed by atoms with Gasteiger partial charge < -0.3 is 10.2 Å². The number of sulfonamides is 1. The Balaban J connectivity index is 2.27. The van der Waals surface area contributed by atoms with Gasteiger partial charge in [-0.1, -0.05) is 0 Å². The van der Waals surface area contributed by atoms with Crippen molar-refractivity contribution in [2.75, 3.05) is 13.1 Å². The maximum absolute atomic E-state index is 11.9. The molecule has 1 fully saturated rings. The third kappa shape index (κ3) is 2.10. The lowest BCUT2D eigenvalue weighted by atomic mass is 10.3. The van der Waals surface area contributed by atoms with Crippen molar-refractivity contribution >= 4 is 26.0 Å². The Labute approximate surface area is 96.4 Å². The van der Waals surface area contributed by atoms with E-state index in [0.29, 0.717) is 24.2 Å². The molecule has 1 saturated heterocycles. The molecule has 1 aromatic rings. The van der Waals surface area contributed by atoms with Gasteiger partial charge in [0.2, 0.25) is 5.09 Å². The molecule has 2 N–H and O–H groups in total. The van der Waals surface area contributed by atoms with Crippen molar-refractivity contribution in [3.8, 4) is 0 Å². The number of nitrogens with zero attached hydrogens (tertiary/aromatic N) is 1. The van der Waals surface area contributed by atoms with Gasteiger partial charge in [-0.3, -0.25) is 0 Å². The van der Waals surface area contributed by atoms with E-state index in [4.69, 9.17) is 10.2 Å². The van der Waals surface area contributed by atoms with Gasteiger partial charge in [-0.25, -0.2) is 8.42 Å². The zero-order valence-electron chi connectivity index (χ0n) is 7.89. The smallest absolute Gasteiger partial charge is 0.276 e. The summed E-state index contributed by atoms with van der Waals surface area (Å²) in [7, 11) is -3.49. The lowest BCUT2D eigenvalue weighted by molar-refractivity contribution is 0.399. The molecule has 1 unspecified atom stereocenters.